The quantitative estimate of drug-likeness (QED) is 0.733. The van der Waals surface area contributed by atoms with E-state index in [0.29, 0.717) is 5.56 Å². The molecule has 6 heteroatoms. The summed E-state index contributed by atoms with van der Waals surface area (Å²) in [5.74, 6) is -0.686. The third-order valence-electron chi connectivity index (χ3n) is 2.59. The summed E-state index contributed by atoms with van der Waals surface area (Å²) in [6.45, 7) is 0.250. The molecule has 2 rings (SSSR count). The Morgan fingerprint density at radius 3 is 2.67 bits per heavy atom. The van der Waals surface area contributed by atoms with Crippen molar-refractivity contribution in [3.8, 4) is 0 Å². The molecule has 0 bridgehead atoms. The zero-order chi connectivity index (χ0) is 13.1. The first-order valence-corrected chi connectivity index (χ1v) is 5.38. The number of pyridine rings is 1. The predicted molar refractivity (Wildman–Crippen MR) is 66.0 cm³/mol. The van der Waals surface area contributed by atoms with Gasteiger partial charge in [-0.1, -0.05) is 18.2 Å². The van der Waals surface area contributed by atoms with E-state index in [9.17, 15) is 9.18 Å². The first-order chi connectivity index (χ1) is 8.58. The summed E-state index contributed by atoms with van der Waals surface area (Å²) in [4.78, 5) is 11.5. The fourth-order valence-corrected chi connectivity index (χ4v) is 1.68. The van der Waals surface area contributed by atoms with Crippen molar-refractivity contribution < 1.29 is 14.4 Å². The lowest BCUT2D eigenvalue weighted by Crippen LogP contribution is -2.33. The van der Waals surface area contributed by atoms with Gasteiger partial charge in [-0.05, 0) is 17.7 Å². The van der Waals surface area contributed by atoms with E-state index in [1.54, 1.807) is 18.3 Å². The largest absolute Gasteiger partial charge is 0.491 e. The van der Waals surface area contributed by atoms with Crippen LogP contribution in [0.1, 0.15) is 5.56 Å². The minimum Gasteiger partial charge on any atom is -0.423 e. The monoisotopic (exact) mass is 247 g/mol. The van der Waals surface area contributed by atoms with E-state index in [1.165, 1.54) is 22.8 Å². The van der Waals surface area contributed by atoms with E-state index in [2.05, 4.69) is 0 Å². The highest BCUT2D eigenvalue weighted by molar-refractivity contribution is 6.58. The summed E-state index contributed by atoms with van der Waals surface area (Å²) in [6, 6.07) is 8.75. The normalized spacial score (nSPS) is 10.4. The number of benzene rings is 1. The third-order valence-corrected chi connectivity index (χ3v) is 2.59. The average molecular weight is 247 g/mol. The van der Waals surface area contributed by atoms with Gasteiger partial charge in [0, 0.05) is 17.7 Å². The summed E-state index contributed by atoms with van der Waals surface area (Å²) in [7, 11) is -1.86. The molecule has 4 nitrogen and oxygen atoms in total. The Morgan fingerprint density at radius 1 is 1.22 bits per heavy atom. The van der Waals surface area contributed by atoms with Crippen LogP contribution in [-0.2, 0) is 6.54 Å². The van der Waals surface area contributed by atoms with Gasteiger partial charge in [0.05, 0.1) is 6.54 Å². The minimum atomic E-state index is -1.86. The first kappa shape index (κ1) is 12.5. The molecule has 0 unspecified atom stereocenters. The second-order valence-corrected chi connectivity index (χ2v) is 3.90. The van der Waals surface area contributed by atoms with E-state index < -0.39 is 12.9 Å². The standard InChI is InChI=1S/C12H11BFNO3/c14-11-5-4-9(7-10(11)13(17)18)8-15-6-2-1-3-12(15)16/h1-7,17-18H,8H2. The van der Waals surface area contributed by atoms with Crippen molar-refractivity contribution in [1.82, 2.24) is 4.57 Å². The topological polar surface area (TPSA) is 62.5 Å². The summed E-state index contributed by atoms with van der Waals surface area (Å²) < 4.78 is 14.7. The molecule has 0 atom stereocenters. The van der Waals surface area contributed by atoms with Gasteiger partial charge in [0.2, 0.25) is 0 Å². The number of hydrogen-bond acceptors (Lipinski definition) is 3. The van der Waals surface area contributed by atoms with Crippen LogP contribution in [0.3, 0.4) is 0 Å². The molecule has 0 aliphatic rings. The SMILES string of the molecule is O=c1ccccn1Cc1ccc(F)c(B(O)O)c1. The molecule has 0 aliphatic carbocycles. The Bertz CT molecular complexity index is 612. The van der Waals surface area contributed by atoms with Crippen molar-refractivity contribution in [1.29, 1.82) is 0 Å². The van der Waals surface area contributed by atoms with Gasteiger partial charge in [-0.2, -0.15) is 0 Å². The molecule has 0 spiro atoms. The van der Waals surface area contributed by atoms with Crippen molar-refractivity contribution >= 4 is 12.6 Å². The maximum Gasteiger partial charge on any atom is 0.491 e. The zero-order valence-electron chi connectivity index (χ0n) is 9.45. The molecule has 0 saturated heterocycles. The molecule has 1 aromatic heterocycles. The van der Waals surface area contributed by atoms with Crippen LogP contribution >= 0.6 is 0 Å². The minimum absolute atomic E-state index is 0.173. The number of aromatic nitrogens is 1. The molecule has 0 fully saturated rings. The second-order valence-electron chi connectivity index (χ2n) is 3.90. The van der Waals surface area contributed by atoms with Gasteiger partial charge in [-0.3, -0.25) is 4.79 Å². The van der Waals surface area contributed by atoms with Gasteiger partial charge >= 0.3 is 7.12 Å². The molecule has 1 heterocycles. The Kier molecular flexibility index (Phi) is 3.59. The average Bonchev–Trinajstić information content (AvgIpc) is 2.34. The Labute approximate surface area is 103 Å². The molecule has 0 amide bonds. The second kappa shape index (κ2) is 5.16. The fourth-order valence-electron chi connectivity index (χ4n) is 1.68. The summed E-state index contributed by atoms with van der Waals surface area (Å²) in [6.07, 6.45) is 1.61. The molecule has 0 saturated carbocycles. The lowest BCUT2D eigenvalue weighted by atomic mass is 9.79. The van der Waals surface area contributed by atoms with Crippen molar-refractivity contribution in [3.63, 3.8) is 0 Å². The summed E-state index contributed by atoms with van der Waals surface area (Å²) >= 11 is 0. The molecule has 2 N–H and O–H groups in total. The Morgan fingerprint density at radius 2 is 2.00 bits per heavy atom. The summed E-state index contributed by atoms with van der Waals surface area (Å²) in [5, 5.41) is 18.0. The predicted octanol–water partition coefficient (Wildman–Crippen LogP) is -0.285. The highest BCUT2D eigenvalue weighted by Crippen LogP contribution is 2.03. The third kappa shape index (κ3) is 2.66. The van der Waals surface area contributed by atoms with Gasteiger partial charge in [0.15, 0.2) is 0 Å². The van der Waals surface area contributed by atoms with Gasteiger partial charge in [0.25, 0.3) is 5.56 Å². The molecule has 0 aliphatic heterocycles. The lowest BCUT2D eigenvalue weighted by molar-refractivity contribution is 0.423. The van der Waals surface area contributed by atoms with Crippen molar-refractivity contribution in [2.75, 3.05) is 0 Å². The highest BCUT2D eigenvalue weighted by atomic mass is 19.1. The summed E-state index contributed by atoms with van der Waals surface area (Å²) in [5.41, 5.74) is 0.247. The number of rotatable bonds is 3. The number of nitrogens with zero attached hydrogens (tertiary/aromatic N) is 1. The van der Waals surface area contributed by atoms with E-state index in [1.807, 2.05) is 0 Å². The number of hydrogen-bond donors (Lipinski definition) is 2. The van der Waals surface area contributed by atoms with Gasteiger partial charge < -0.3 is 14.6 Å². The molecule has 18 heavy (non-hydrogen) atoms. The molecule has 92 valence electrons. The van der Waals surface area contributed by atoms with E-state index in [-0.39, 0.29) is 17.6 Å². The maximum atomic E-state index is 13.2. The molecule has 2 aromatic rings. The van der Waals surface area contributed by atoms with Crippen molar-refractivity contribution in [3.05, 3.63) is 64.3 Å². The molecular formula is C12H11BFNO3. The van der Waals surface area contributed by atoms with Crippen molar-refractivity contribution in [2.45, 2.75) is 6.54 Å². The van der Waals surface area contributed by atoms with Crippen LogP contribution in [0, 0.1) is 5.82 Å². The van der Waals surface area contributed by atoms with Gasteiger partial charge in [-0.25, -0.2) is 4.39 Å². The van der Waals surface area contributed by atoms with Crippen LogP contribution in [0.15, 0.2) is 47.4 Å². The number of halogens is 1. The van der Waals surface area contributed by atoms with Gasteiger partial charge in [0.1, 0.15) is 5.82 Å². The van der Waals surface area contributed by atoms with Crippen LogP contribution < -0.4 is 11.0 Å². The molecular weight excluding hydrogens is 236 g/mol. The lowest BCUT2D eigenvalue weighted by Gasteiger charge is -2.08. The first-order valence-electron chi connectivity index (χ1n) is 5.38. The highest BCUT2D eigenvalue weighted by Gasteiger charge is 2.16. The van der Waals surface area contributed by atoms with Gasteiger partial charge in [-0.15, -0.1) is 0 Å². The maximum absolute atomic E-state index is 13.2. The molecule has 0 radical (unpaired) electrons. The van der Waals surface area contributed by atoms with Crippen molar-refractivity contribution in [2.24, 2.45) is 0 Å². The zero-order valence-corrected chi connectivity index (χ0v) is 9.45. The van der Waals surface area contributed by atoms with Crippen LogP contribution in [-0.4, -0.2) is 21.7 Å². The van der Waals surface area contributed by atoms with E-state index in [0.717, 1.165) is 6.07 Å². The van der Waals surface area contributed by atoms with E-state index in [4.69, 9.17) is 10.0 Å². The molecule has 1 aromatic carbocycles. The van der Waals surface area contributed by atoms with Crippen LogP contribution in [0.25, 0.3) is 0 Å². The van der Waals surface area contributed by atoms with Crippen LogP contribution in [0.4, 0.5) is 4.39 Å². The fraction of sp³-hybridized carbons (Fsp3) is 0.0833. The van der Waals surface area contributed by atoms with Crippen LogP contribution in [0.5, 0.6) is 0 Å². The van der Waals surface area contributed by atoms with E-state index >= 15 is 0 Å². The Hall–Kier alpha value is -1.92. The smallest absolute Gasteiger partial charge is 0.423 e. The Balaban J connectivity index is 2.33. The van der Waals surface area contributed by atoms with Crippen LogP contribution in [0.2, 0.25) is 0 Å².